The summed E-state index contributed by atoms with van der Waals surface area (Å²) in [6.07, 6.45) is 0.938. The highest BCUT2D eigenvalue weighted by atomic mass is 16.2. The fourth-order valence-corrected chi connectivity index (χ4v) is 1.39. The molecule has 3 nitrogen and oxygen atoms in total. The van der Waals surface area contributed by atoms with Crippen LogP contribution in [0.1, 0.15) is 38.8 Å². The van der Waals surface area contributed by atoms with Gasteiger partial charge in [-0.05, 0) is 25.8 Å². The molecule has 2 amide bonds. The van der Waals surface area contributed by atoms with E-state index in [9.17, 15) is 4.79 Å². The van der Waals surface area contributed by atoms with Crippen molar-refractivity contribution in [3.05, 3.63) is 35.9 Å². The van der Waals surface area contributed by atoms with Gasteiger partial charge in [-0.15, -0.1) is 0 Å². The van der Waals surface area contributed by atoms with E-state index in [1.165, 1.54) is 0 Å². The molecule has 0 aliphatic rings. The average molecular weight is 220 g/mol. The van der Waals surface area contributed by atoms with Crippen LogP contribution in [-0.4, -0.2) is 12.1 Å². The molecule has 1 rings (SSSR count). The van der Waals surface area contributed by atoms with Crippen LogP contribution >= 0.6 is 0 Å². The summed E-state index contributed by atoms with van der Waals surface area (Å²) < 4.78 is 0. The second kappa shape index (κ2) is 6.16. The first-order valence-electron chi connectivity index (χ1n) is 5.75. The number of benzene rings is 1. The van der Waals surface area contributed by atoms with Crippen LogP contribution in [0.2, 0.25) is 0 Å². The maximum Gasteiger partial charge on any atom is 0.315 e. The van der Waals surface area contributed by atoms with E-state index in [2.05, 4.69) is 10.6 Å². The Balaban J connectivity index is 2.46. The van der Waals surface area contributed by atoms with Crippen molar-refractivity contribution in [2.45, 2.75) is 39.3 Å². The van der Waals surface area contributed by atoms with Crippen LogP contribution in [0.15, 0.2) is 30.3 Å². The summed E-state index contributed by atoms with van der Waals surface area (Å²) in [4.78, 5) is 11.6. The summed E-state index contributed by atoms with van der Waals surface area (Å²) >= 11 is 0. The average Bonchev–Trinajstić information content (AvgIpc) is 2.29. The molecule has 3 heteroatoms. The molecule has 0 aliphatic carbocycles. The van der Waals surface area contributed by atoms with E-state index in [1.54, 1.807) is 0 Å². The molecule has 0 unspecified atom stereocenters. The van der Waals surface area contributed by atoms with E-state index in [0.29, 0.717) is 0 Å². The topological polar surface area (TPSA) is 41.1 Å². The highest BCUT2D eigenvalue weighted by Crippen LogP contribution is 2.10. The van der Waals surface area contributed by atoms with Crippen molar-refractivity contribution in [2.24, 2.45) is 0 Å². The third kappa shape index (κ3) is 3.93. The fourth-order valence-electron chi connectivity index (χ4n) is 1.39. The number of urea groups is 1. The molecule has 0 heterocycles. The lowest BCUT2D eigenvalue weighted by Gasteiger charge is -2.17. The van der Waals surface area contributed by atoms with Crippen LogP contribution in [-0.2, 0) is 0 Å². The molecule has 1 aromatic carbocycles. The van der Waals surface area contributed by atoms with Crippen molar-refractivity contribution in [3.8, 4) is 0 Å². The Kier molecular flexibility index (Phi) is 4.83. The molecule has 0 bridgehead atoms. The fraction of sp³-hybridized carbons (Fsp3) is 0.462. The van der Waals surface area contributed by atoms with Gasteiger partial charge < -0.3 is 10.6 Å². The first-order chi connectivity index (χ1) is 7.63. The zero-order valence-corrected chi connectivity index (χ0v) is 10.2. The van der Waals surface area contributed by atoms with Crippen LogP contribution in [0.3, 0.4) is 0 Å². The SMILES string of the molecule is CC[C@H](C)NC(=O)N[C@@H](C)c1ccccc1. The lowest BCUT2D eigenvalue weighted by molar-refractivity contribution is 0.234. The van der Waals surface area contributed by atoms with Gasteiger partial charge in [-0.2, -0.15) is 0 Å². The van der Waals surface area contributed by atoms with Crippen LogP contribution in [0.5, 0.6) is 0 Å². The van der Waals surface area contributed by atoms with Gasteiger partial charge in [0.2, 0.25) is 0 Å². The maximum atomic E-state index is 11.6. The molecule has 1 aromatic rings. The summed E-state index contributed by atoms with van der Waals surface area (Å²) in [6.45, 7) is 6.02. The van der Waals surface area contributed by atoms with Crippen molar-refractivity contribution in [1.29, 1.82) is 0 Å². The minimum absolute atomic E-state index is 0.0326. The monoisotopic (exact) mass is 220 g/mol. The molecule has 0 saturated heterocycles. The second-order valence-corrected chi connectivity index (χ2v) is 4.06. The lowest BCUT2D eigenvalue weighted by Crippen LogP contribution is -2.41. The van der Waals surface area contributed by atoms with Gasteiger partial charge in [-0.25, -0.2) is 4.79 Å². The largest absolute Gasteiger partial charge is 0.336 e. The van der Waals surface area contributed by atoms with Crippen LogP contribution in [0, 0.1) is 0 Å². The maximum absolute atomic E-state index is 11.6. The zero-order chi connectivity index (χ0) is 12.0. The van der Waals surface area contributed by atoms with Crippen molar-refractivity contribution >= 4 is 6.03 Å². The van der Waals surface area contributed by atoms with Crippen LogP contribution in [0.25, 0.3) is 0 Å². The number of hydrogen-bond acceptors (Lipinski definition) is 1. The first-order valence-corrected chi connectivity index (χ1v) is 5.75. The van der Waals surface area contributed by atoms with E-state index >= 15 is 0 Å². The van der Waals surface area contributed by atoms with Crippen molar-refractivity contribution in [1.82, 2.24) is 10.6 Å². The predicted molar refractivity (Wildman–Crippen MR) is 66.3 cm³/mol. The van der Waals surface area contributed by atoms with E-state index in [4.69, 9.17) is 0 Å². The van der Waals surface area contributed by atoms with Crippen LogP contribution in [0.4, 0.5) is 4.79 Å². The third-order valence-corrected chi connectivity index (χ3v) is 2.64. The van der Waals surface area contributed by atoms with Gasteiger partial charge in [0.15, 0.2) is 0 Å². The lowest BCUT2D eigenvalue weighted by atomic mass is 10.1. The van der Waals surface area contributed by atoms with Gasteiger partial charge in [-0.1, -0.05) is 37.3 Å². The molecular weight excluding hydrogens is 200 g/mol. The molecule has 0 aromatic heterocycles. The molecule has 0 saturated carbocycles. The Hall–Kier alpha value is -1.51. The summed E-state index contributed by atoms with van der Waals surface area (Å²) in [6, 6.07) is 10.1. The van der Waals surface area contributed by atoms with Gasteiger partial charge in [0.1, 0.15) is 0 Å². The molecule has 0 radical (unpaired) electrons. The summed E-state index contributed by atoms with van der Waals surface area (Å²) in [5, 5.41) is 5.79. The standard InChI is InChI=1S/C13H20N2O/c1-4-10(2)14-13(16)15-11(3)12-8-6-5-7-9-12/h5-11H,4H2,1-3H3,(H2,14,15,16)/t10-,11-/m0/s1. The molecule has 2 atom stereocenters. The smallest absolute Gasteiger partial charge is 0.315 e. The Morgan fingerprint density at radius 2 is 1.81 bits per heavy atom. The van der Waals surface area contributed by atoms with E-state index in [1.807, 2.05) is 51.1 Å². The third-order valence-electron chi connectivity index (χ3n) is 2.64. The molecule has 2 N–H and O–H groups in total. The number of hydrogen-bond donors (Lipinski definition) is 2. The second-order valence-electron chi connectivity index (χ2n) is 4.06. The highest BCUT2D eigenvalue weighted by molar-refractivity contribution is 5.74. The Morgan fingerprint density at radius 1 is 1.19 bits per heavy atom. The van der Waals surface area contributed by atoms with E-state index in [0.717, 1.165) is 12.0 Å². The van der Waals surface area contributed by atoms with Gasteiger partial charge in [0.05, 0.1) is 6.04 Å². The number of carbonyl (C=O) groups excluding carboxylic acids is 1. The zero-order valence-electron chi connectivity index (χ0n) is 10.2. The highest BCUT2D eigenvalue weighted by Gasteiger charge is 2.09. The van der Waals surface area contributed by atoms with Gasteiger partial charge >= 0.3 is 6.03 Å². The Labute approximate surface area is 97.2 Å². The molecule has 0 aliphatic heterocycles. The Bertz CT molecular complexity index is 324. The number of carbonyl (C=O) groups is 1. The van der Waals surface area contributed by atoms with E-state index in [-0.39, 0.29) is 18.1 Å². The number of amides is 2. The molecule has 16 heavy (non-hydrogen) atoms. The van der Waals surface area contributed by atoms with Crippen molar-refractivity contribution in [2.75, 3.05) is 0 Å². The van der Waals surface area contributed by atoms with Gasteiger partial charge in [0.25, 0.3) is 0 Å². The summed E-state index contributed by atoms with van der Waals surface area (Å²) in [5.41, 5.74) is 1.11. The molecule has 0 spiro atoms. The molecular formula is C13H20N2O. The van der Waals surface area contributed by atoms with Gasteiger partial charge in [0, 0.05) is 6.04 Å². The first kappa shape index (κ1) is 12.6. The minimum Gasteiger partial charge on any atom is -0.336 e. The Morgan fingerprint density at radius 3 is 2.38 bits per heavy atom. The van der Waals surface area contributed by atoms with Crippen molar-refractivity contribution in [3.63, 3.8) is 0 Å². The summed E-state index contributed by atoms with van der Waals surface area (Å²) in [7, 11) is 0. The summed E-state index contributed by atoms with van der Waals surface area (Å²) in [5.74, 6) is 0. The number of rotatable bonds is 4. The van der Waals surface area contributed by atoms with Crippen LogP contribution < -0.4 is 10.6 Å². The predicted octanol–water partition coefficient (Wildman–Crippen LogP) is 2.85. The van der Waals surface area contributed by atoms with Crippen molar-refractivity contribution < 1.29 is 4.79 Å². The normalized spacial score (nSPS) is 13.9. The molecule has 88 valence electrons. The van der Waals surface area contributed by atoms with E-state index < -0.39 is 0 Å². The van der Waals surface area contributed by atoms with Gasteiger partial charge in [-0.3, -0.25) is 0 Å². The molecule has 0 fully saturated rings. The quantitative estimate of drug-likeness (QED) is 0.805. The number of nitrogens with one attached hydrogen (secondary N) is 2. The minimum atomic E-state index is -0.106.